The maximum atomic E-state index is 12.2. The molecule has 4 heterocycles. The van der Waals surface area contributed by atoms with Crippen LogP contribution in [-0.2, 0) is 9.53 Å². The van der Waals surface area contributed by atoms with Gasteiger partial charge in [-0.05, 0) is 24.3 Å². The molecule has 1 saturated heterocycles. The molecule has 0 radical (unpaired) electrons. The normalized spacial score (nSPS) is 15.1. The van der Waals surface area contributed by atoms with Crippen LogP contribution in [0.15, 0.2) is 42.7 Å². The number of ether oxygens (including phenoxy) is 1. The molecule has 3 aromatic rings. The van der Waals surface area contributed by atoms with Gasteiger partial charge in [0.05, 0.1) is 31.0 Å². The Balaban J connectivity index is 1.51. The van der Waals surface area contributed by atoms with Crippen molar-refractivity contribution in [2.24, 2.45) is 0 Å². The fourth-order valence-corrected chi connectivity index (χ4v) is 2.81. The minimum Gasteiger partial charge on any atom is -0.379 e. The molecule has 8 heteroatoms. The molecule has 8 nitrogen and oxygen atoms in total. The quantitative estimate of drug-likeness (QED) is 0.759. The van der Waals surface area contributed by atoms with Crippen molar-refractivity contribution in [1.29, 1.82) is 0 Å². The van der Waals surface area contributed by atoms with Crippen LogP contribution in [0.4, 0.5) is 5.82 Å². The van der Waals surface area contributed by atoms with E-state index in [9.17, 15) is 4.79 Å². The lowest BCUT2D eigenvalue weighted by Crippen LogP contribution is -2.41. The van der Waals surface area contributed by atoms with Crippen LogP contribution in [0.3, 0.4) is 0 Å². The van der Waals surface area contributed by atoms with Crippen molar-refractivity contribution in [2.45, 2.75) is 0 Å². The lowest BCUT2D eigenvalue weighted by Gasteiger charge is -2.25. The van der Waals surface area contributed by atoms with E-state index in [-0.39, 0.29) is 5.91 Å². The highest BCUT2D eigenvalue weighted by Gasteiger charge is 2.14. The van der Waals surface area contributed by atoms with Crippen LogP contribution in [0.1, 0.15) is 0 Å². The van der Waals surface area contributed by atoms with Crippen LogP contribution in [0.25, 0.3) is 22.3 Å². The zero-order valence-electron chi connectivity index (χ0n) is 14.1. The molecule has 0 bridgehead atoms. The number of nitrogens with one attached hydrogen (secondary N) is 1. The second-order valence-electron chi connectivity index (χ2n) is 6.00. The van der Waals surface area contributed by atoms with Crippen LogP contribution in [0.5, 0.6) is 0 Å². The number of hydrogen-bond donors (Lipinski definition) is 1. The van der Waals surface area contributed by atoms with E-state index in [4.69, 9.17) is 4.74 Å². The average molecular weight is 350 g/mol. The van der Waals surface area contributed by atoms with Gasteiger partial charge in [-0.2, -0.15) is 5.10 Å². The van der Waals surface area contributed by atoms with Crippen molar-refractivity contribution >= 4 is 22.6 Å². The summed E-state index contributed by atoms with van der Waals surface area (Å²) in [5, 5.41) is 11.7. The van der Waals surface area contributed by atoms with Gasteiger partial charge in [0.2, 0.25) is 5.91 Å². The van der Waals surface area contributed by atoms with Gasteiger partial charge < -0.3 is 10.1 Å². The Labute approximate surface area is 150 Å². The third kappa shape index (κ3) is 3.81. The molecule has 26 heavy (non-hydrogen) atoms. The third-order valence-electron chi connectivity index (χ3n) is 4.15. The Bertz CT molecular complexity index is 912. The van der Waals surface area contributed by atoms with Crippen LogP contribution < -0.4 is 5.32 Å². The Kier molecular flexibility index (Phi) is 4.76. The molecule has 0 aromatic carbocycles. The Morgan fingerprint density at radius 3 is 2.88 bits per heavy atom. The van der Waals surface area contributed by atoms with Gasteiger partial charge in [0.1, 0.15) is 11.5 Å². The number of amides is 1. The van der Waals surface area contributed by atoms with E-state index in [1.165, 1.54) is 0 Å². The molecule has 3 aromatic heterocycles. The first kappa shape index (κ1) is 16.5. The molecule has 0 spiro atoms. The molecule has 4 rings (SSSR count). The number of anilines is 1. The topological polar surface area (TPSA) is 93.1 Å². The molecule has 0 unspecified atom stereocenters. The summed E-state index contributed by atoms with van der Waals surface area (Å²) in [7, 11) is 0. The summed E-state index contributed by atoms with van der Waals surface area (Å²) < 4.78 is 5.29. The predicted molar refractivity (Wildman–Crippen MR) is 96.5 cm³/mol. The molecule has 132 valence electrons. The summed E-state index contributed by atoms with van der Waals surface area (Å²) in [5.41, 5.74) is 2.16. The van der Waals surface area contributed by atoms with E-state index in [0.29, 0.717) is 31.3 Å². The smallest absolute Gasteiger partial charge is 0.239 e. The van der Waals surface area contributed by atoms with Gasteiger partial charge in [-0.15, -0.1) is 5.10 Å². The van der Waals surface area contributed by atoms with Gasteiger partial charge in [0.25, 0.3) is 0 Å². The first-order valence-corrected chi connectivity index (χ1v) is 8.43. The van der Waals surface area contributed by atoms with Crippen LogP contribution in [0, 0.1) is 0 Å². The number of hydrogen-bond acceptors (Lipinski definition) is 7. The van der Waals surface area contributed by atoms with Crippen molar-refractivity contribution in [2.75, 3.05) is 38.2 Å². The fourth-order valence-electron chi connectivity index (χ4n) is 2.81. The summed E-state index contributed by atoms with van der Waals surface area (Å²) in [6, 6.07) is 9.25. The summed E-state index contributed by atoms with van der Waals surface area (Å²) >= 11 is 0. The minimum atomic E-state index is -0.0937. The number of rotatable bonds is 4. The number of morpholine rings is 1. The SMILES string of the molecule is O=C(CN1CCOCC1)Nc1cc2nc(-c3cccnn3)ccc2cn1. The second kappa shape index (κ2) is 7.51. The second-order valence-corrected chi connectivity index (χ2v) is 6.00. The van der Waals surface area contributed by atoms with Crippen molar-refractivity contribution in [3.63, 3.8) is 0 Å². The van der Waals surface area contributed by atoms with E-state index in [2.05, 4.69) is 30.4 Å². The maximum absolute atomic E-state index is 12.2. The van der Waals surface area contributed by atoms with Crippen molar-refractivity contribution in [1.82, 2.24) is 25.1 Å². The highest BCUT2D eigenvalue weighted by molar-refractivity contribution is 5.93. The Hall–Kier alpha value is -2.97. The largest absolute Gasteiger partial charge is 0.379 e. The molecule has 1 aliphatic rings. The van der Waals surface area contributed by atoms with Gasteiger partial charge in [0, 0.05) is 36.9 Å². The van der Waals surface area contributed by atoms with Crippen molar-refractivity contribution in [3.05, 3.63) is 42.7 Å². The number of pyridine rings is 2. The molecule has 0 saturated carbocycles. The van der Waals surface area contributed by atoms with Gasteiger partial charge in [-0.25, -0.2) is 9.97 Å². The standard InChI is InChI=1S/C18H18N6O2/c25-18(12-24-6-8-26-9-7-24)22-17-10-16-13(11-19-17)3-4-14(21-16)15-2-1-5-20-23-15/h1-5,10-11H,6-9,12H2,(H,19,22,25). The molecule has 0 atom stereocenters. The van der Waals surface area contributed by atoms with E-state index >= 15 is 0 Å². The minimum absolute atomic E-state index is 0.0937. The van der Waals surface area contributed by atoms with Crippen molar-refractivity contribution in [3.8, 4) is 11.4 Å². The summed E-state index contributed by atoms with van der Waals surface area (Å²) in [6.07, 6.45) is 3.32. The maximum Gasteiger partial charge on any atom is 0.239 e. The van der Waals surface area contributed by atoms with E-state index < -0.39 is 0 Å². The van der Waals surface area contributed by atoms with Crippen LogP contribution in [0.2, 0.25) is 0 Å². The van der Waals surface area contributed by atoms with E-state index in [1.54, 1.807) is 18.5 Å². The number of carbonyl (C=O) groups is 1. The van der Waals surface area contributed by atoms with Gasteiger partial charge in [-0.1, -0.05) is 0 Å². The molecule has 1 N–H and O–H groups in total. The molecule has 0 aliphatic carbocycles. The molecule has 1 aliphatic heterocycles. The Morgan fingerprint density at radius 2 is 2.08 bits per heavy atom. The first-order valence-electron chi connectivity index (χ1n) is 8.43. The van der Waals surface area contributed by atoms with E-state index in [1.807, 2.05) is 24.3 Å². The predicted octanol–water partition coefficient (Wildman–Crippen LogP) is 1.36. The average Bonchev–Trinajstić information content (AvgIpc) is 2.69. The zero-order valence-corrected chi connectivity index (χ0v) is 14.1. The number of nitrogens with zero attached hydrogens (tertiary/aromatic N) is 5. The summed E-state index contributed by atoms with van der Waals surface area (Å²) in [5.74, 6) is 0.392. The van der Waals surface area contributed by atoms with Crippen molar-refractivity contribution < 1.29 is 9.53 Å². The summed E-state index contributed by atoms with van der Waals surface area (Å²) in [4.78, 5) is 23.2. The van der Waals surface area contributed by atoms with Gasteiger partial charge >= 0.3 is 0 Å². The molecule has 1 fully saturated rings. The highest BCUT2D eigenvalue weighted by atomic mass is 16.5. The third-order valence-corrected chi connectivity index (χ3v) is 4.15. The number of carbonyl (C=O) groups excluding carboxylic acids is 1. The van der Waals surface area contributed by atoms with Gasteiger partial charge in [0.15, 0.2) is 0 Å². The molecule has 1 amide bonds. The van der Waals surface area contributed by atoms with Crippen LogP contribution in [-0.4, -0.2) is 63.8 Å². The molecular weight excluding hydrogens is 332 g/mol. The fraction of sp³-hybridized carbons (Fsp3) is 0.278. The summed E-state index contributed by atoms with van der Waals surface area (Å²) in [6.45, 7) is 3.19. The lowest BCUT2D eigenvalue weighted by atomic mass is 10.2. The van der Waals surface area contributed by atoms with E-state index in [0.717, 1.165) is 29.7 Å². The monoisotopic (exact) mass is 350 g/mol. The highest BCUT2D eigenvalue weighted by Crippen LogP contribution is 2.20. The van der Waals surface area contributed by atoms with Crippen LogP contribution >= 0.6 is 0 Å². The van der Waals surface area contributed by atoms with Gasteiger partial charge in [-0.3, -0.25) is 9.69 Å². The lowest BCUT2D eigenvalue weighted by molar-refractivity contribution is -0.118. The molecular formula is C18H18N6O2. The number of fused-ring (bicyclic) bond motifs is 1. The first-order chi connectivity index (χ1) is 12.8. The Morgan fingerprint density at radius 1 is 1.19 bits per heavy atom. The zero-order chi connectivity index (χ0) is 17.8. The number of aromatic nitrogens is 4.